The maximum absolute atomic E-state index is 8.40. The molecule has 0 aliphatic heterocycles. The highest BCUT2D eigenvalue weighted by atomic mass is 79.9. The monoisotopic (exact) mass is 182 g/mol. The van der Waals surface area contributed by atoms with Crippen LogP contribution in [0, 0.1) is 11.3 Å². The number of hydrogen-bond acceptors (Lipinski definition) is 2. The summed E-state index contributed by atoms with van der Waals surface area (Å²) < 4.78 is 0.604. The number of nitriles is 1. The molecule has 0 N–H and O–H groups in total. The third-order valence-electron chi connectivity index (χ3n) is 0.880. The van der Waals surface area contributed by atoms with Crippen molar-refractivity contribution in [2.45, 2.75) is 0 Å². The Morgan fingerprint density at radius 3 is 2.89 bits per heavy atom. The average Bonchev–Trinajstić information content (AvgIpc) is 1.89. The number of halogens is 1. The van der Waals surface area contributed by atoms with Crippen molar-refractivity contribution in [3.05, 3.63) is 28.5 Å². The first-order valence-corrected chi connectivity index (χ1v) is 3.14. The molecule has 1 heterocycles. The van der Waals surface area contributed by atoms with E-state index in [1.54, 1.807) is 18.3 Å². The first-order valence-electron chi connectivity index (χ1n) is 2.35. The van der Waals surface area contributed by atoms with E-state index in [9.17, 15) is 0 Å². The van der Waals surface area contributed by atoms with Crippen molar-refractivity contribution in [2.24, 2.45) is 0 Å². The van der Waals surface area contributed by atoms with Crippen LogP contribution in [0.1, 0.15) is 5.56 Å². The normalized spacial score (nSPS) is 8.44. The zero-order chi connectivity index (χ0) is 6.69. The van der Waals surface area contributed by atoms with Crippen LogP contribution in [0.2, 0.25) is 0 Å². The third kappa shape index (κ3) is 1.27. The predicted octanol–water partition coefficient (Wildman–Crippen LogP) is 1.72. The largest absolute Gasteiger partial charge is 0.248 e. The molecule has 0 fully saturated rings. The van der Waals surface area contributed by atoms with Gasteiger partial charge < -0.3 is 0 Å². The van der Waals surface area contributed by atoms with Crippen LogP contribution in [0.15, 0.2) is 22.9 Å². The lowest BCUT2D eigenvalue weighted by atomic mass is 10.3. The molecule has 0 saturated carbocycles. The smallest absolute Gasteiger partial charge is 0.123 e. The summed E-state index contributed by atoms with van der Waals surface area (Å²) in [4.78, 5) is 3.84. The van der Waals surface area contributed by atoms with E-state index in [4.69, 9.17) is 5.26 Å². The SMILES string of the molecule is N#Cc1cccnc1Br. The molecule has 3 heteroatoms. The van der Waals surface area contributed by atoms with Crippen LogP contribution in [-0.2, 0) is 0 Å². The average molecular weight is 183 g/mol. The van der Waals surface area contributed by atoms with Crippen LogP contribution in [-0.4, -0.2) is 4.98 Å². The van der Waals surface area contributed by atoms with Gasteiger partial charge >= 0.3 is 0 Å². The predicted molar refractivity (Wildman–Crippen MR) is 36.7 cm³/mol. The lowest BCUT2D eigenvalue weighted by molar-refractivity contribution is 1.25. The summed E-state index contributed by atoms with van der Waals surface area (Å²) in [5.41, 5.74) is 0.567. The highest BCUT2D eigenvalue weighted by Crippen LogP contribution is 2.09. The fourth-order valence-electron chi connectivity index (χ4n) is 0.469. The number of rotatable bonds is 0. The standard InChI is InChI=1S/C6H3BrN2/c7-6-5(4-8)2-1-3-9-6/h1-3H. The molecule has 0 aliphatic rings. The Hall–Kier alpha value is -0.880. The van der Waals surface area contributed by atoms with Gasteiger partial charge in [0, 0.05) is 6.20 Å². The summed E-state index contributed by atoms with van der Waals surface area (Å²) >= 11 is 3.12. The van der Waals surface area contributed by atoms with Crippen LogP contribution in [0.25, 0.3) is 0 Å². The third-order valence-corrected chi connectivity index (χ3v) is 1.51. The molecule has 0 atom stereocenters. The lowest BCUT2D eigenvalue weighted by Crippen LogP contribution is -1.78. The Morgan fingerprint density at radius 1 is 1.67 bits per heavy atom. The molecule has 9 heavy (non-hydrogen) atoms. The number of pyridine rings is 1. The van der Waals surface area contributed by atoms with Gasteiger partial charge in [-0.3, -0.25) is 0 Å². The summed E-state index contributed by atoms with van der Waals surface area (Å²) in [5, 5.41) is 8.40. The highest BCUT2D eigenvalue weighted by Gasteiger charge is 1.93. The number of nitrogens with zero attached hydrogens (tertiary/aromatic N) is 2. The molecular weight excluding hydrogens is 180 g/mol. The molecule has 1 rings (SSSR count). The molecule has 0 amide bonds. The fraction of sp³-hybridized carbons (Fsp3) is 0. The minimum absolute atomic E-state index is 0.567. The van der Waals surface area contributed by atoms with Crippen molar-refractivity contribution in [1.29, 1.82) is 5.26 Å². The Kier molecular flexibility index (Phi) is 1.81. The first kappa shape index (κ1) is 6.24. The zero-order valence-electron chi connectivity index (χ0n) is 4.50. The molecular formula is C6H3BrN2. The first-order chi connectivity index (χ1) is 4.34. The quantitative estimate of drug-likeness (QED) is 0.574. The Balaban J connectivity index is 3.20. The molecule has 0 bridgehead atoms. The number of aromatic nitrogens is 1. The van der Waals surface area contributed by atoms with Crippen LogP contribution in [0.4, 0.5) is 0 Å². The second kappa shape index (κ2) is 2.60. The summed E-state index contributed by atoms with van der Waals surface area (Å²) in [6.45, 7) is 0. The van der Waals surface area contributed by atoms with Crippen molar-refractivity contribution >= 4 is 15.9 Å². The molecule has 1 aromatic rings. The molecule has 1 aromatic heterocycles. The van der Waals surface area contributed by atoms with Crippen molar-refractivity contribution in [1.82, 2.24) is 4.98 Å². The van der Waals surface area contributed by atoms with E-state index in [1.807, 2.05) is 6.07 Å². The second-order valence-electron chi connectivity index (χ2n) is 1.45. The Bertz CT molecular complexity index is 251. The van der Waals surface area contributed by atoms with Gasteiger partial charge in [0.2, 0.25) is 0 Å². The van der Waals surface area contributed by atoms with E-state index in [2.05, 4.69) is 20.9 Å². The van der Waals surface area contributed by atoms with Crippen molar-refractivity contribution < 1.29 is 0 Å². The molecule has 0 spiro atoms. The van der Waals surface area contributed by atoms with E-state index in [1.165, 1.54) is 0 Å². The molecule has 2 nitrogen and oxygen atoms in total. The summed E-state index contributed by atoms with van der Waals surface area (Å²) in [5.74, 6) is 0. The van der Waals surface area contributed by atoms with Gasteiger partial charge in [0.05, 0.1) is 5.56 Å². The molecule has 0 unspecified atom stereocenters. The topological polar surface area (TPSA) is 36.7 Å². The number of hydrogen-bond donors (Lipinski definition) is 0. The van der Waals surface area contributed by atoms with E-state index < -0.39 is 0 Å². The molecule has 0 aliphatic carbocycles. The van der Waals surface area contributed by atoms with Gasteiger partial charge in [-0.25, -0.2) is 4.98 Å². The van der Waals surface area contributed by atoms with E-state index in [0.29, 0.717) is 10.2 Å². The fourth-order valence-corrected chi connectivity index (χ4v) is 0.808. The van der Waals surface area contributed by atoms with Crippen molar-refractivity contribution in [3.63, 3.8) is 0 Å². The van der Waals surface area contributed by atoms with Crippen LogP contribution >= 0.6 is 15.9 Å². The van der Waals surface area contributed by atoms with Crippen LogP contribution < -0.4 is 0 Å². The maximum Gasteiger partial charge on any atom is 0.123 e. The zero-order valence-corrected chi connectivity index (χ0v) is 6.09. The van der Waals surface area contributed by atoms with Crippen molar-refractivity contribution in [2.75, 3.05) is 0 Å². The van der Waals surface area contributed by atoms with E-state index in [0.717, 1.165) is 0 Å². The van der Waals surface area contributed by atoms with Gasteiger partial charge in [0.15, 0.2) is 0 Å². The van der Waals surface area contributed by atoms with Gasteiger partial charge in [-0.15, -0.1) is 0 Å². The van der Waals surface area contributed by atoms with Gasteiger partial charge in [-0.05, 0) is 28.1 Å². The lowest BCUT2D eigenvalue weighted by Gasteiger charge is -1.87. The van der Waals surface area contributed by atoms with Gasteiger partial charge in [0.1, 0.15) is 10.7 Å². The van der Waals surface area contributed by atoms with Crippen molar-refractivity contribution in [3.8, 4) is 6.07 Å². The van der Waals surface area contributed by atoms with Crippen LogP contribution in [0.3, 0.4) is 0 Å². The summed E-state index contributed by atoms with van der Waals surface area (Å²) in [7, 11) is 0. The minimum atomic E-state index is 0.567. The van der Waals surface area contributed by atoms with Gasteiger partial charge in [0.25, 0.3) is 0 Å². The molecule has 0 saturated heterocycles. The molecule has 0 aromatic carbocycles. The van der Waals surface area contributed by atoms with Gasteiger partial charge in [-0.2, -0.15) is 5.26 Å². The molecule has 0 radical (unpaired) electrons. The van der Waals surface area contributed by atoms with Crippen LogP contribution in [0.5, 0.6) is 0 Å². The Morgan fingerprint density at radius 2 is 2.44 bits per heavy atom. The molecule has 44 valence electrons. The highest BCUT2D eigenvalue weighted by molar-refractivity contribution is 9.10. The van der Waals surface area contributed by atoms with E-state index in [-0.39, 0.29) is 0 Å². The minimum Gasteiger partial charge on any atom is -0.248 e. The summed E-state index contributed by atoms with van der Waals surface area (Å²) in [6, 6.07) is 5.42. The second-order valence-corrected chi connectivity index (χ2v) is 2.20. The van der Waals surface area contributed by atoms with Gasteiger partial charge in [-0.1, -0.05) is 0 Å². The maximum atomic E-state index is 8.40. The van der Waals surface area contributed by atoms with E-state index >= 15 is 0 Å². The Labute approximate surface area is 61.3 Å². The summed E-state index contributed by atoms with van der Waals surface area (Å²) in [6.07, 6.45) is 1.63.